The topological polar surface area (TPSA) is 309 Å². The van der Waals surface area contributed by atoms with Gasteiger partial charge in [0.05, 0.1) is 140 Å². The monoisotopic (exact) mass is 1170 g/mol. The molecule has 4 aliphatic rings. The first kappa shape index (κ1) is 61.9. The zero-order chi connectivity index (χ0) is 59.5. The average molecular weight is 1170 g/mol. The van der Waals surface area contributed by atoms with E-state index in [1.165, 1.54) is 11.8 Å². The van der Waals surface area contributed by atoms with Crippen LogP contribution in [0.1, 0.15) is 83.4 Å². The number of nitrogens with one attached hydrogen (secondary N) is 4. The lowest BCUT2D eigenvalue weighted by Crippen LogP contribution is -2.53. The molecule has 2 aromatic heterocycles. The number of anilines is 1. The number of amides is 6. The summed E-state index contributed by atoms with van der Waals surface area (Å²) in [5, 5.41) is 25.1. The molecule has 1 aromatic carbocycles. The summed E-state index contributed by atoms with van der Waals surface area (Å²) in [6.07, 6.45) is 0.748. The summed E-state index contributed by atoms with van der Waals surface area (Å²) in [6.45, 7) is 12.5. The predicted molar refractivity (Wildman–Crippen MR) is 297 cm³/mol. The summed E-state index contributed by atoms with van der Waals surface area (Å²) >= 11 is 1.40. The van der Waals surface area contributed by atoms with Gasteiger partial charge in [-0.25, -0.2) is 9.78 Å². The third-order valence-corrected chi connectivity index (χ3v) is 14.7. The van der Waals surface area contributed by atoms with E-state index in [2.05, 4.69) is 21.3 Å². The maximum atomic E-state index is 13.8. The molecule has 0 aliphatic carbocycles. The van der Waals surface area contributed by atoms with Crippen LogP contribution in [0, 0.1) is 5.92 Å². The summed E-state index contributed by atoms with van der Waals surface area (Å²) in [5.41, 5.74) is 1.93. The molecule has 6 amide bonds. The van der Waals surface area contributed by atoms with Crippen LogP contribution < -0.4 is 26.8 Å². The summed E-state index contributed by atoms with van der Waals surface area (Å²) < 4.78 is 58.3. The number of cyclic esters (lactones) is 1. The van der Waals surface area contributed by atoms with Crippen molar-refractivity contribution >= 4 is 75.8 Å². The van der Waals surface area contributed by atoms with Gasteiger partial charge in [0.2, 0.25) is 35.4 Å². The quantitative estimate of drug-likeness (QED) is 0.0245. The van der Waals surface area contributed by atoms with Crippen LogP contribution in [0.25, 0.3) is 28.4 Å². The summed E-state index contributed by atoms with van der Waals surface area (Å²) in [5.74, 6) is -3.77. The highest BCUT2D eigenvalue weighted by Gasteiger charge is 2.46. The number of esters is 1. The maximum Gasteiger partial charge on any atom is 0.343 e. The van der Waals surface area contributed by atoms with Crippen LogP contribution in [-0.4, -0.2) is 192 Å². The summed E-state index contributed by atoms with van der Waals surface area (Å²) in [6, 6.07) is 3.28. The highest BCUT2D eigenvalue weighted by molar-refractivity contribution is 8.02. The number of nitrogens with zero attached hydrogens (tertiary/aromatic N) is 3. The van der Waals surface area contributed by atoms with Gasteiger partial charge in [-0.1, -0.05) is 32.5 Å². The van der Waals surface area contributed by atoms with Crippen LogP contribution in [0.15, 0.2) is 33.3 Å². The second-order valence-corrected chi connectivity index (χ2v) is 20.7. The third-order valence-electron chi connectivity index (χ3n) is 13.8. The van der Waals surface area contributed by atoms with E-state index in [9.17, 15) is 43.5 Å². The van der Waals surface area contributed by atoms with Crippen molar-refractivity contribution in [3.05, 3.63) is 56.2 Å². The molecular formula is C56H75N7O18S. The van der Waals surface area contributed by atoms with Crippen LogP contribution in [0.3, 0.4) is 0 Å². The number of rotatable bonds is 37. The molecule has 448 valence electrons. The van der Waals surface area contributed by atoms with E-state index in [4.69, 9.17) is 49.0 Å². The number of aliphatic hydroxyl groups is 1. The minimum atomic E-state index is -1.95. The smallest absolute Gasteiger partial charge is 0.343 e. The number of hydrogen-bond donors (Lipinski definition) is 5. The van der Waals surface area contributed by atoms with Crippen molar-refractivity contribution in [3.8, 4) is 11.4 Å². The molecule has 0 bridgehead atoms. The minimum Gasteiger partial charge on any atom is -0.458 e. The van der Waals surface area contributed by atoms with Gasteiger partial charge in [-0.05, 0) is 54.5 Å². The van der Waals surface area contributed by atoms with Gasteiger partial charge in [-0.2, -0.15) is 0 Å². The lowest BCUT2D eigenvalue weighted by atomic mass is 9.86. The minimum absolute atomic E-state index is 0.00622. The van der Waals surface area contributed by atoms with Gasteiger partial charge in [0.25, 0.3) is 5.56 Å². The second-order valence-electron chi connectivity index (χ2n) is 19.8. The first-order valence-corrected chi connectivity index (χ1v) is 28.5. The molecular weight excluding hydrogens is 1090 g/mol. The average Bonchev–Trinajstić information content (AvgIpc) is 2.01. The van der Waals surface area contributed by atoms with Crippen molar-refractivity contribution < 1.29 is 82.7 Å². The summed E-state index contributed by atoms with van der Waals surface area (Å²) in [4.78, 5) is 108. The molecule has 7 rings (SSSR count). The van der Waals surface area contributed by atoms with Crippen LogP contribution in [-0.2, 0) is 94.9 Å². The lowest BCUT2D eigenvalue weighted by molar-refractivity contribution is -0.172. The fourth-order valence-electron chi connectivity index (χ4n) is 9.26. The Labute approximate surface area is 480 Å². The van der Waals surface area contributed by atoms with E-state index >= 15 is 0 Å². The Hall–Kier alpha value is -6.20. The third kappa shape index (κ3) is 16.8. The highest BCUT2D eigenvalue weighted by Crippen LogP contribution is 2.46. The number of hydrogen-bond acceptors (Lipinski definition) is 20. The molecule has 6 heterocycles. The number of likely N-dealkylation sites (tertiary alicyclic amines) is 1. The zero-order valence-electron chi connectivity index (χ0n) is 47.8. The van der Waals surface area contributed by atoms with Crippen LogP contribution >= 0.6 is 11.8 Å². The van der Waals surface area contributed by atoms with Crippen molar-refractivity contribution in [1.82, 2.24) is 30.4 Å². The van der Waals surface area contributed by atoms with Gasteiger partial charge in [0.15, 0.2) is 5.60 Å². The van der Waals surface area contributed by atoms with Crippen LogP contribution in [0.5, 0.6) is 0 Å². The van der Waals surface area contributed by atoms with Gasteiger partial charge >= 0.3 is 5.97 Å². The number of benzene rings is 1. The van der Waals surface area contributed by atoms with Gasteiger partial charge < -0.3 is 73.6 Å². The van der Waals surface area contributed by atoms with Gasteiger partial charge in [0, 0.05) is 61.5 Å². The Morgan fingerprint density at radius 3 is 1.94 bits per heavy atom. The molecule has 26 heteroatoms. The molecule has 82 heavy (non-hydrogen) atoms. The molecule has 3 aromatic rings. The molecule has 0 radical (unpaired) electrons. The molecule has 1 unspecified atom stereocenters. The Balaban J connectivity index is 0.672. The van der Waals surface area contributed by atoms with E-state index in [1.54, 1.807) is 50.5 Å². The Morgan fingerprint density at radius 1 is 0.768 bits per heavy atom. The van der Waals surface area contributed by atoms with Crippen molar-refractivity contribution in [3.63, 3.8) is 0 Å². The van der Waals surface area contributed by atoms with Crippen LogP contribution in [0.4, 0.5) is 5.69 Å². The Bertz CT molecular complexity index is 2910. The van der Waals surface area contributed by atoms with E-state index in [-0.39, 0.29) is 106 Å². The SMILES string of the molecule is [3H]C1CC(=O)N(CCC(=O)NCCOCCOCCOCCOCCOCCOCCOCCOCCC(=O)N[C@H](C(=O)N[C@@H](C)C(=O)Nc2ccc3nc4c(c5c3c2SC=C5)Cn2c-4cc3c(c2=O)COC(=O)[C@]3(O)CC)C(C)C)C1=O. The van der Waals surface area contributed by atoms with Gasteiger partial charge in [-0.15, -0.1) is 0 Å². The van der Waals surface area contributed by atoms with Crippen molar-refractivity contribution in [2.24, 2.45) is 5.92 Å². The number of ether oxygens (including phenoxy) is 9. The molecule has 1 fully saturated rings. The highest BCUT2D eigenvalue weighted by atomic mass is 32.2. The Morgan fingerprint density at radius 2 is 1.37 bits per heavy atom. The molecule has 4 atom stereocenters. The first-order valence-electron chi connectivity index (χ1n) is 28.2. The van der Waals surface area contributed by atoms with E-state index in [0.29, 0.717) is 108 Å². The standard InChI is InChI=1S/C56H75N7O18S/c1-5-56(72)40-32-43-50-38(33-63(43)54(70)39(40)34-81-55(56)71)37-12-31-82-51-42(7-6-41(59-50)48(37)51)60-52(68)36(4)58-53(69)49(35(2)3)61-45(65)11-15-73-17-19-75-21-23-77-25-27-79-29-30-80-28-26-78-24-22-76-20-18-74-16-13-57-44(64)10-14-62-46(66)8-9-47(62)67/h6-7,12,31-32,35-36,49,72H,5,8-11,13-30,33-34H2,1-4H3,(H,57,64)(H,58,69)(H,60,68)(H,61,65)/t36-,49-,56-/m0/s1/i8T/t8?,36-,49-,56-. The molecule has 0 spiro atoms. The van der Waals surface area contributed by atoms with Crippen molar-refractivity contribution in [2.45, 2.75) is 95.5 Å². The molecule has 1 saturated heterocycles. The van der Waals surface area contributed by atoms with Gasteiger partial charge in [-0.3, -0.25) is 38.5 Å². The largest absolute Gasteiger partial charge is 0.458 e. The fraction of sp³-hybridized carbons (Fsp3) is 0.589. The summed E-state index contributed by atoms with van der Waals surface area (Å²) in [7, 11) is 0. The number of carbonyl (C=O) groups excluding carboxylic acids is 7. The predicted octanol–water partition coefficient (Wildman–Crippen LogP) is 1.92. The van der Waals surface area contributed by atoms with E-state index in [1.807, 2.05) is 11.5 Å². The lowest BCUT2D eigenvalue weighted by Gasteiger charge is -2.31. The zero-order valence-corrected chi connectivity index (χ0v) is 47.6. The van der Waals surface area contributed by atoms with Crippen molar-refractivity contribution in [1.29, 1.82) is 0 Å². The van der Waals surface area contributed by atoms with Gasteiger partial charge in [0.1, 0.15) is 18.7 Å². The van der Waals surface area contributed by atoms with Crippen LogP contribution in [0.2, 0.25) is 0 Å². The maximum absolute atomic E-state index is 13.8. The van der Waals surface area contributed by atoms with Crippen molar-refractivity contribution in [2.75, 3.05) is 124 Å². The normalized spacial score (nSPS) is 17.8. The number of thioether (sulfide) groups is 1. The number of aromatic nitrogens is 2. The van der Waals surface area contributed by atoms with E-state index < -0.39 is 53.7 Å². The number of imide groups is 1. The molecule has 5 N–H and O–H groups in total. The van der Waals surface area contributed by atoms with E-state index in [0.717, 1.165) is 26.3 Å². The molecule has 25 nitrogen and oxygen atoms in total. The Kier molecular flexibility index (Phi) is 23.7. The second kappa shape index (κ2) is 31.5. The fourth-order valence-corrected chi connectivity index (χ4v) is 10.2. The first-order chi connectivity index (χ1) is 40.0. The number of fused-ring (bicyclic) bond motifs is 5. The number of carbonyl (C=O) groups is 7. The molecule has 0 saturated carbocycles. The number of pyridine rings is 2. The molecule has 4 aliphatic heterocycles.